The van der Waals surface area contributed by atoms with E-state index in [4.69, 9.17) is 4.74 Å². The summed E-state index contributed by atoms with van der Waals surface area (Å²) in [6.07, 6.45) is 5.85. The van der Waals surface area contributed by atoms with E-state index in [0.29, 0.717) is 6.04 Å². The lowest BCUT2D eigenvalue weighted by molar-refractivity contribution is 0.304. The SMILES string of the molecule is CCCCOc1cnccc1CNC(C)C. The third-order valence-electron chi connectivity index (χ3n) is 2.33. The maximum absolute atomic E-state index is 5.71. The van der Waals surface area contributed by atoms with E-state index in [1.165, 1.54) is 5.56 Å². The monoisotopic (exact) mass is 222 g/mol. The summed E-state index contributed by atoms with van der Waals surface area (Å²) in [4.78, 5) is 4.10. The Kier molecular flexibility index (Phi) is 5.86. The minimum atomic E-state index is 0.483. The highest BCUT2D eigenvalue weighted by Gasteiger charge is 2.03. The van der Waals surface area contributed by atoms with E-state index in [1.807, 2.05) is 12.3 Å². The first-order valence-corrected chi connectivity index (χ1v) is 6.03. The minimum absolute atomic E-state index is 0.483. The van der Waals surface area contributed by atoms with Crippen molar-refractivity contribution >= 4 is 0 Å². The molecule has 0 amide bonds. The number of ether oxygens (including phenoxy) is 1. The maximum atomic E-state index is 5.71. The first kappa shape index (κ1) is 13.0. The van der Waals surface area contributed by atoms with Gasteiger partial charge < -0.3 is 10.1 Å². The molecule has 1 rings (SSSR count). The van der Waals surface area contributed by atoms with Crippen molar-refractivity contribution in [2.75, 3.05) is 6.61 Å². The van der Waals surface area contributed by atoms with Crippen LogP contribution in [0.4, 0.5) is 0 Å². The third-order valence-corrected chi connectivity index (χ3v) is 2.33. The Morgan fingerprint density at radius 1 is 1.44 bits per heavy atom. The van der Waals surface area contributed by atoms with Gasteiger partial charge >= 0.3 is 0 Å². The van der Waals surface area contributed by atoms with Crippen LogP contribution in [0, 0.1) is 0 Å². The highest BCUT2D eigenvalue weighted by molar-refractivity contribution is 5.29. The summed E-state index contributed by atoms with van der Waals surface area (Å²) < 4.78 is 5.71. The highest BCUT2D eigenvalue weighted by Crippen LogP contribution is 2.16. The molecule has 1 aromatic heterocycles. The molecule has 0 radical (unpaired) electrons. The number of hydrogen-bond donors (Lipinski definition) is 1. The van der Waals surface area contributed by atoms with Crippen LogP contribution in [0.3, 0.4) is 0 Å². The molecule has 0 aliphatic carbocycles. The number of nitrogens with zero attached hydrogens (tertiary/aromatic N) is 1. The van der Waals surface area contributed by atoms with Crippen LogP contribution in [0.1, 0.15) is 39.2 Å². The van der Waals surface area contributed by atoms with Gasteiger partial charge in [0.05, 0.1) is 12.8 Å². The van der Waals surface area contributed by atoms with Crippen molar-refractivity contribution in [1.29, 1.82) is 0 Å². The van der Waals surface area contributed by atoms with E-state index in [9.17, 15) is 0 Å². The number of aromatic nitrogens is 1. The molecule has 1 aromatic rings. The zero-order valence-electron chi connectivity index (χ0n) is 10.5. The standard InChI is InChI=1S/C13H22N2O/c1-4-5-8-16-13-10-14-7-6-12(13)9-15-11(2)3/h6-7,10-11,15H,4-5,8-9H2,1-3H3. The van der Waals surface area contributed by atoms with Gasteiger partial charge in [-0.25, -0.2) is 0 Å². The lowest BCUT2D eigenvalue weighted by atomic mass is 10.2. The van der Waals surface area contributed by atoms with Crippen LogP contribution in [0.5, 0.6) is 5.75 Å². The molecule has 3 nitrogen and oxygen atoms in total. The van der Waals surface area contributed by atoms with Gasteiger partial charge in [0.2, 0.25) is 0 Å². The number of hydrogen-bond acceptors (Lipinski definition) is 3. The van der Waals surface area contributed by atoms with E-state index in [-0.39, 0.29) is 0 Å². The molecule has 0 spiro atoms. The molecule has 0 aromatic carbocycles. The molecule has 0 unspecified atom stereocenters. The van der Waals surface area contributed by atoms with E-state index in [2.05, 4.69) is 31.1 Å². The van der Waals surface area contributed by atoms with Crippen LogP contribution >= 0.6 is 0 Å². The molecule has 0 saturated carbocycles. The fourth-order valence-corrected chi connectivity index (χ4v) is 1.33. The van der Waals surface area contributed by atoms with Gasteiger partial charge in [-0.15, -0.1) is 0 Å². The van der Waals surface area contributed by atoms with Crippen molar-refractivity contribution in [2.24, 2.45) is 0 Å². The normalized spacial score (nSPS) is 10.8. The van der Waals surface area contributed by atoms with Crippen LogP contribution in [0.2, 0.25) is 0 Å². The van der Waals surface area contributed by atoms with Gasteiger partial charge in [-0.1, -0.05) is 27.2 Å². The summed E-state index contributed by atoms with van der Waals surface area (Å²) >= 11 is 0. The van der Waals surface area contributed by atoms with Gasteiger partial charge in [-0.05, 0) is 12.5 Å². The predicted molar refractivity (Wildman–Crippen MR) is 66.6 cm³/mol. The zero-order chi connectivity index (χ0) is 11.8. The number of pyridine rings is 1. The second kappa shape index (κ2) is 7.23. The lowest BCUT2D eigenvalue weighted by Crippen LogP contribution is -2.22. The minimum Gasteiger partial charge on any atom is -0.492 e. The second-order valence-electron chi connectivity index (χ2n) is 4.22. The Bertz CT molecular complexity index is 300. The Hall–Kier alpha value is -1.09. The van der Waals surface area contributed by atoms with E-state index >= 15 is 0 Å². The molecule has 1 N–H and O–H groups in total. The second-order valence-corrected chi connectivity index (χ2v) is 4.22. The smallest absolute Gasteiger partial charge is 0.142 e. The number of nitrogens with one attached hydrogen (secondary N) is 1. The third kappa shape index (κ3) is 4.62. The molecule has 0 aliphatic heterocycles. The Morgan fingerprint density at radius 3 is 2.94 bits per heavy atom. The molecule has 3 heteroatoms. The highest BCUT2D eigenvalue weighted by atomic mass is 16.5. The Balaban J connectivity index is 2.53. The summed E-state index contributed by atoms with van der Waals surface area (Å²) in [5.41, 5.74) is 1.18. The zero-order valence-corrected chi connectivity index (χ0v) is 10.5. The van der Waals surface area contributed by atoms with Gasteiger partial charge in [0.1, 0.15) is 5.75 Å². The summed E-state index contributed by atoms with van der Waals surface area (Å²) in [5, 5.41) is 3.38. The van der Waals surface area contributed by atoms with Crippen LogP contribution in [-0.4, -0.2) is 17.6 Å². The largest absolute Gasteiger partial charge is 0.492 e. The van der Waals surface area contributed by atoms with Crippen molar-refractivity contribution in [3.05, 3.63) is 24.0 Å². The summed E-state index contributed by atoms with van der Waals surface area (Å²) in [6.45, 7) is 8.05. The van der Waals surface area contributed by atoms with E-state index in [0.717, 1.165) is 31.7 Å². The van der Waals surface area contributed by atoms with Crippen LogP contribution in [-0.2, 0) is 6.54 Å². The van der Waals surface area contributed by atoms with Gasteiger partial charge in [-0.2, -0.15) is 0 Å². The van der Waals surface area contributed by atoms with Crippen molar-refractivity contribution in [3.8, 4) is 5.75 Å². The number of unbranched alkanes of at least 4 members (excludes halogenated alkanes) is 1. The van der Waals surface area contributed by atoms with Crippen molar-refractivity contribution < 1.29 is 4.74 Å². The molecular weight excluding hydrogens is 200 g/mol. The fraction of sp³-hybridized carbons (Fsp3) is 0.615. The Morgan fingerprint density at radius 2 is 2.25 bits per heavy atom. The molecule has 90 valence electrons. The average Bonchev–Trinajstić information content (AvgIpc) is 2.28. The van der Waals surface area contributed by atoms with E-state index in [1.54, 1.807) is 6.20 Å². The van der Waals surface area contributed by atoms with Crippen LogP contribution < -0.4 is 10.1 Å². The Labute approximate surface area is 98.2 Å². The molecule has 1 heterocycles. The molecule has 0 bridgehead atoms. The lowest BCUT2D eigenvalue weighted by Gasteiger charge is -2.12. The summed E-state index contributed by atoms with van der Waals surface area (Å²) in [7, 11) is 0. The van der Waals surface area contributed by atoms with Gasteiger partial charge in [0.15, 0.2) is 0 Å². The molecule has 16 heavy (non-hydrogen) atoms. The van der Waals surface area contributed by atoms with Crippen molar-refractivity contribution in [1.82, 2.24) is 10.3 Å². The van der Waals surface area contributed by atoms with Gasteiger partial charge in [0, 0.05) is 24.3 Å². The topological polar surface area (TPSA) is 34.1 Å². The van der Waals surface area contributed by atoms with E-state index < -0.39 is 0 Å². The molecule has 0 atom stereocenters. The average molecular weight is 222 g/mol. The molecule has 0 saturated heterocycles. The predicted octanol–water partition coefficient (Wildman–Crippen LogP) is 2.76. The molecule has 0 aliphatic rings. The first-order chi connectivity index (χ1) is 7.74. The summed E-state index contributed by atoms with van der Waals surface area (Å²) in [6, 6.07) is 2.49. The van der Waals surface area contributed by atoms with Crippen LogP contribution in [0.15, 0.2) is 18.5 Å². The van der Waals surface area contributed by atoms with Gasteiger partial charge in [-0.3, -0.25) is 4.98 Å². The maximum Gasteiger partial charge on any atom is 0.142 e. The van der Waals surface area contributed by atoms with Crippen molar-refractivity contribution in [2.45, 2.75) is 46.2 Å². The summed E-state index contributed by atoms with van der Waals surface area (Å²) in [5.74, 6) is 0.907. The van der Waals surface area contributed by atoms with Gasteiger partial charge in [0.25, 0.3) is 0 Å². The quantitative estimate of drug-likeness (QED) is 0.720. The van der Waals surface area contributed by atoms with Crippen molar-refractivity contribution in [3.63, 3.8) is 0 Å². The number of rotatable bonds is 7. The van der Waals surface area contributed by atoms with Crippen LogP contribution in [0.25, 0.3) is 0 Å². The molecular formula is C13H22N2O. The molecule has 0 fully saturated rings. The fourth-order valence-electron chi connectivity index (χ4n) is 1.33. The first-order valence-electron chi connectivity index (χ1n) is 6.03.